The number of ether oxygens (including phenoxy) is 2. The molecule has 2 rings (SSSR count). The van der Waals surface area contributed by atoms with Crippen LogP contribution in [0.5, 0.6) is 0 Å². The van der Waals surface area contributed by atoms with Crippen molar-refractivity contribution in [2.75, 3.05) is 6.61 Å². The van der Waals surface area contributed by atoms with E-state index in [1.54, 1.807) is 0 Å². The van der Waals surface area contributed by atoms with Crippen LogP contribution in [0, 0.1) is 0 Å². The van der Waals surface area contributed by atoms with Gasteiger partial charge in [0.05, 0.1) is 12.2 Å². The molecule has 0 spiro atoms. The van der Waals surface area contributed by atoms with Gasteiger partial charge in [-0.1, -0.05) is 0 Å². The van der Waals surface area contributed by atoms with E-state index in [1.165, 1.54) is 6.42 Å². The Bertz CT molecular complexity index is 151. The zero-order valence-corrected chi connectivity index (χ0v) is 7.95. The van der Waals surface area contributed by atoms with Crippen LogP contribution in [0.3, 0.4) is 0 Å². The van der Waals surface area contributed by atoms with Gasteiger partial charge < -0.3 is 14.6 Å². The molecule has 1 aliphatic heterocycles. The van der Waals surface area contributed by atoms with Crippen molar-refractivity contribution in [3.63, 3.8) is 0 Å². The molecule has 3 nitrogen and oxygen atoms in total. The van der Waals surface area contributed by atoms with Gasteiger partial charge in [-0.25, -0.2) is 0 Å². The van der Waals surface area contributed by atoms with Gasteiger partial charge in [0.15, 0.2) is 6.29 Å². The molecule has 0 bridgehead atoms. The van der Waals surface area contributed by atoms with Crippen molar-refractivity contribution >= 4 is 0 Å². The lowest BCUT2D eigenvalue weighted by atomic mass is 10.2. The van der Waals surface area contributed by atoms with Gasteiger partial charge in [-0.3, -0.25) is 0 Å². The Hall–Kier alpha value is -0.120. The topological polar surface area (TPSA) is 38.7 Å². The summed E-state index contributed by atoms with van der Waals surface area (Å²) in [6, 6.07) is 0. The normalized spacial score (nSPS) is 40.8. The summed E-state index contributed by atoms with van der Waals surface area (Å²) in [5, 5.41) is 9.31. The van der Waals surface area contributed by atoms with Crippen LogP contribution in [-0.4, -0.2) is 30.2 Å². The van der Waals surface area contributed by atoms with Crippen LogP contribution in [-0.2, 0) is 9.47 Å². The molecule has 0 radical (unpaired) electrons. The molecule has 2 fully saturated rings. The molecule has 13 heavy (non-hydrogen) atoms. The summed E-state index contributed by atoms with van der Waals surface area (Å²) < 4.78 is 11.2. The third-order valence-corrected chi connectivity index (χ3v) is 2.84. The SMILES string of the molecule is O[C@@H]1CC[C@H](OC2CCCCO2)C1. The molecule has 0 aromatic carbocycles. The van der Waals surface area contributed by atoms with E-state index in [1.807, 2.05) is 0 Å². The second-order valence-electron chi connectivity index (χ2n) is 4.02. The molecule has 1 heterocycles. The largest absolute Gasteiger partial charge is 0.393 e. The summed E-state index contributed by atoms with van der Waals surface area (Å²) >= 11 is 0. The molecule has 0 aromatic rings. The highest BCUT2D eigenvalue weighted by Gasteiger charge is 2.27. The molecule has 1 saturated heterocycles. The molecule has 3 heteroatoms. The van der Waals surface area contributed by atoms with E-state index >= 15 is 0 Å². The lowest BCUT2D eigenvalue weighted by Crippen LogP contribution is -2.26. The maximum atomic E-state index is 9.31. The van der Waals surface area contributed by atoms with Gasteiger partial charge >= 0.3 is 0 Å². The first-order chi connectivity index (χ1) is 6.34. The van der Waals surface area contributed by atoms with Crippen molar-refractivity contribution in [1.82, 2.24) is 0 Å². The third-order valence-electron chi connectivity index (χ3n) is 2.84. The van der Waals surface area contributed by atoms with E-state index in [4.69, 9.17) is 9.47 Å². The molecular weight excluding hydrogens is 168 g/mol. The predicted octanol–water partition coefficient (Wildman–Crippen LogP) is 1.44. The van der Waals surface area contributed by atoms with E-state index in [0.717, 1.165) is 38.7 Å². The fraction of sp³-hybridized carbons (Fsp3) is 1.00. The maximum Gasteiger partial charge on any atom is 0.157 e. The maximum absolute atomic E-state index is 9.31. The summed E-state index contributed by atoms with van der Waals surface area (Å²) in [6.45, 7) is 0.833. The highest BCUT2D eigenvalue weighted by Crippen LogP contribution is 2.25. The van der Waals surface area contributed by atoms with Crippen LogP contribution >= 0.6 is 0 Å². The Labute approximate surface area is 79.0 Å². The number of rotatable bonds is 2. The zero-order chi connectivity index (χ0) is 9.10. The minimum absolute atomic E-state index is 0.00375. The van der Waals surface area contributed by atoms with Gasteiger partial charge in [0, 0.05) is 6.61 Å². The van der Waals surface area contributed by atoms with E-state index < -0.39 is 0 Å². The zero-order valence-electron chi connectivity index (χ0n) is 7.95. The molecule has 0 aromatic heterocycles. The number of aliphatic hydroxyl groups is 1. The van der Waals surface area contributed by atoms with E-state index in [0.29, 0.717) is 0 Å². The summed E-state index contributed by atoms with van der Waals surface area (Å²) in [4.78, 5) is 0. The first-order valence-electron chi connectivity index (χ1n) is 5.30. The highest BCUT2D eigenvalue weighted by molar-refractivity contribution is 4.75. The Morgan fingerprint density at radius 1 is 1.15 bits per heavy atom. The second-order valence-corrected chi connectivity index (χ2v) is 4.02. The minimum Gasteiger partial charge on any atom is -0.393 e. The van der Waals surface area contributed by atoms with Crippen LogP contribution in [0.4, 0.5) is 0 Å². The minimum atomic E-state index is -0.145. The standard InChI is InChI=1S/C10H18O3/c11-8-4-5-9(7-8)13-10-3-1-2-6-12-10/h8-11H,1-7H2/t8-,9+,10?/m1/s1. The van der Waals surface area contributed by atoms with Crippen LogP contribution in [0.25, 0.3) is 0 Å². The molecule has 1 aliphatic carbocycles. The molecule has 2 aliphatic rings. The molecule has 3 atom stereocenters. The Balaban J connectivity index is 1.71. The molecular formula is C10H18O3. The van der Waals surface area contributed by atoms with Crippen LogP contribution < -0.4 is 0 Å². The smallest absolute Gasteiger partial charge is 0.157 e. The van der Waals surface area contributed by atoms with E-state index in [9.17, 15) is 5.11 Å². The van der Waals surface area contributed by atoms with Crippen molar-refractivity contribution in [3.8, 4) is 0 Å². The summed E-state index contributed by atoms with van der Waals surface area (Å²) in [5.74, 6) is 0. The molecule has 1 saturated carbocycles. The quantitative estimate of drug-likeness (QED) is 0.709. The van der Waals surface area contributed by atoms with Crippen LogP contribution in [0.1, 0.15) is 38.5 Å². The van der Waals surface area contributed by atoms with Crippen molar-refractivity contribution in [3.05, 3.63) is 0 Å². The van der Waals surface area contributed by atoms with Gasteiger partial charge in [0.2, 0.25) is 0 Å². The van der Waals surface area contributed by atoms with E-state index in [-0.39, 0.29) is 18.5 Å². The Kier molecular flexibility index (Phi) is 3.19. The van der Waals surface area contributed by atoms with Gasteiger partial charge in [0.1, 0.15) is 0 Å². The first kappa shape index (κ1) is 9.44. The average Bonchev–Trinajstić information content (AvgIpc) is 2.53. The van der Waals surface area contributed by atoms with Crippen LogP contribution in [0.15, 0.2) is 0 Å². The number of hydrogen-bond donors (Lipinski definition) is 1. The fourth-order valence-electron chi connectivity index (χ4n) is 2.07. The van der Waals surface area contributed by atoms with Crippen LogP contribution in [0.2, 0.25) is 0 Å². The summed E-state index contributed by atoms with van der Waals surface area (Å²) in [6.07, 6.45) is 6.15. The fourth-order valence-corrected chi connectivity index (χ4v) is 2.07. The van der Waals surface area contributed by atoms with Gasteiger partial charge in [0.25, 0.3) is 0 Å². The van der Waals surface area contributed by atoms with E-state index in [2.05, 4.69) is 0 Å². The van der Waals surface area contributed by atoms with Crippen molar-refractivity contribution in [2.45, 2.75) is 57.0 Å². The number of hydrogen-bond acceptors (Lipinski definition) is 3. The van der Waals surface area contributed by atoms with Crippen molar-refractivity contribution in [1.29, 1.82) is 0 Å². The monoisotopic (exact) mass is 186 g/mol. The number of aliphatic hydroxyl groups excluding tert-OH is 1. The third kappa shape index (κ3) is 2.66. The van der Waals surface area contributed by atoms with Gasteiger partial charge in [-0.15, -0.1) is 0 Å². The molecule has 1 unspecified atom stereocenters. The lowest BCUT2D eigenvalue weighted by molar-refractivity contribution is -0.187. The lowest BCUT2D eigenvalue weighted by Gasteiger charge is -2.25. The highest BCUT2D eigenvalue weighted by atomic mass is 16.7. The summed E-state index contributed by atoms with van der Waals surface area (Å²) in [7, 11) is 0. The van der Waals surface area contributed by atoms with Crippen molar-refractivity contribution in [2.24, 2.45) is 0 Å². The first-order valence-corrected chi connectivity index (χ1v) is 5.30. The Morgan fingerprint density at radius 3 is 2.69 bits per heavy atom. The Morgan fingerprint density at radius 2 is 2.08 bits per heavy atom. The molecule has 0 amide bonds. The average molecular weight is 186 g/mol. The molecule has 76 valence electrons. The molecule has 1 N–H and O–H groups in total. The second kappa shape index (κ2) is 4.40. The summed E-state index contributed by atoms with van der Waals surface area (Å²) in [5.41, 5.74) is 0. The van der Waals surface area contributed by atoms with Crippen molar-refractivity contribution < 1.29 is 14.6 Å². The van der Waals surface area contributed by atoms with Gasteiger partial charge in [-0.05, 0) is 38.5 Å². The van der Waals surface area contributed by atoms with Gasteiger partial charge in [-0.2, -0.15) is 0 Å². The predicted molar refractivity (Wildman–Crippen MR) is 48.3 cm³/mol.